The molecule has 0 spiro atoms. The van der Waals surface area contributed by atoms with E-state index in [-0.39, 0.29) is 30.3 Å². The molecule has 19 heteroatoms. The number of benzene rings is 1. The fourth-order valence-electron chi connectivity index (χ4n) is 9.72. The second kappa shape index (κ2) is 19.8. The normalized spacial score (nSPS) is 26.0. The van der Waals surface area contributed by atoms with E-state index in [2.05, 4.69) is 42.0 Å². The van der Waals surface area contributed by atoms with Crippen LogP contribution in [-0.2, 0) is 49.3 Å². The summed E-state index contributed by atoms with van der Waals surface area (Å²) in [6, 6.07) is -0.0350. The molecule has 0 radical (unpaired) electrons. The van der Waals surface area contributed by atoms with Crippen molar-refractivity contribution in [2.75, 3.05) is 6.54 Å². The molecule has 8 N–H and O–H groups in total. The average Bonchev–Trinajstić information content (AvgIpc) is 3.83. The second-order valence-electron chi connectivity index (χ2n) is 19.0. The van der Waals surface area contributed by atoms with Crippen LogP contribution in [0.15, 0.2) is 24.3 Å². The van der Waals surface area contributed by atoms with Crippen LogP contribution < -0.4 is 27.0 Å². The topological polar surface area (TPSA) is 256 Å². The molecule has 342 valence electrons. The number of hydrogen-bond acceptors (Lipinski definition) is 10. The van der Waals surface area contributed by atoms with E-state index in [1.54, 1.807) is 39.8 Å². The predicted octanol–water partition coefficient (Wildman–Crippen LogP) is 1.93. The number of aliphatic carboxylic acids is 2. The average molecular weight is 871 g/mol. The molecule has 2 heterocycles. The van der Waals surface area contributed by atoms with Crippen LogP contribution in [0.3, 0.4) is 0 Å². The summed E-state index contributed by atoms with van der Waals surface area (Å²) in [5.41, 5.74) is 6.10. The summed E-state index contributed by atoms with van der Waals surface area (Å²) < 4.78 is 27.1. The highest BCUT2D eigenvalue weighted by atomic mass is 19.1. The van der Waals surface area contributed by atoms with Gasteiger partial charge in [0.1, 0.15) is 30.0 Å². The molecule has 2 saturated heterocycles. The van der Waals surface area contributed by atoms with Gasteiger partial charge in [-0.1, -0.05) is 53.7 Å². The molecule has 3 aliphatic carbocycles. The third kappa shape index (κ3) is 10.9. The minimum atomic E-state index is -1.52. The zero-order valence-corrected chi connectivity index (χ0v) is 36.8. The van der Waals surface area contributed by atoms with Crippen LogP contribution in [0.4, 0.5) is 4.39 Å². The van der Waals surface area contributed by atoms with Gasteiger partial charge in [0.2, 0.25) is 29.5 Å². The lowest BCUT2D eigenvalue weighted by Crippen LogP contribution is -2.65. The van der Waals surface area contributed by atoms with Crippen molar-refractivity contribution in [2.45, 2.75) is 154 Å². The molecule has 1 aromatic rings. The summed E-state index contributed by atoms with van der Waals surface area (Å²) >= 11 is 0. The molecule has 10 unspecified atom stereocenters. The lowest BCUT2D eigenvalue weighted by Gasteiger charge is -2.64. The number of nitrogens with zero attached hydrogens (tertiary/aromatic N) is 1. The van der Waals surface area contributed by atoms with Crippen molar-refractivity contribution in [3.63, 3.8) is 0 Å². The molecule has 5 aliphatic rings. The number of carboxylic acid groups (broad SMARTS) is 2. The number of halogens is 1. The monoisotopic (exact) mass is 870 g/mol. The molecule has 2 bridgehead atoms. The summed E-state index contributed by atoms with van der Waals surface area (Å²) in [4.78, 5) is 92.6. The maximum atomic E-state index is 14.4. The molecule has 10 atom stereocenters. The van der Waals surface area contributed by atoms with E-state index in [1.807, 2.05) is 0 Å². The number of carbonyl (C=O) groups is 7. The Hall–Kier alpha value is -4.62. The molecule has 0 aromatic heterocycles. The Kier molecular flexibility index (Phi) is 15.5. The summed E-state index contributed by atoms with van der Waals surface area (Å²) in [6.45, 7) is 13.7. The Balaban J connectivity index is 1.28. The lowest BCUT2D eigenvalue weighted by molar-refractivity contribution is -0.199. The van der Waals surface area contributed by atoms with Crippen LogP contribution in [0.5, 0.6) is 0 Å². The lowest BCUT2D eigenvalue weighted by atomic mass is 9.43. The van der Waals surface area contributed by atoms with E-state index in [0.717, 1.165) is 18.4 Å². The fourth-order valence-corrected chi connectivity index (χ4v) is 9.72. The van der Waals surface area contributed by atoms with Gasteiger partial charge in [0.05, 0.1) is 30.1 Å². The van der Waals surface area contributed by atoms with E-state index < -0.39 is 115 Å². The predicted molar refractivity (Wildman–Crippen MR) is 224 cm³/mol. The SMILES string of the molecule is CC(C)C(NC(=O)C(CCC(=O)O)NC(=O)C(N)CC(=O)O)C(=O)NC(C(=O)N1CCCC1C(=O)NC(CCc1ccc(F)cc1)B1OC2CC3CC(C3(C)C)C2(C)O1)C(C)C. The Morgan fingerprint density at radius 1 is 0.871 bits per heavy atom. The van der Waals surface area contributed by atoms with E-state index >= 15 is 0 Å². The largest absolute Gasteiger partial charge is 0.481 e. The van der Waals surface area contributed by atoms with Crippen molar-refractivity contribution in [1.29, 1.82) is 0 Å². The molecule has 1 aromatic carbocycles. The fraction of sp³-hybridized carbons (Fsp3) is 0.698. The van der Waals surface area contributed by atoms with E-state index in [0.29, 0.717) is 37.5 Å². The molecular formula is C43H64BFN6O11. The van der Waals surface area contributed by atoms with E-state index in [1.165, 1.54) is 17.0 Å². The molecule has 2 aliphatic heterocycles. The number of hydrogen-bond donors (Lipinski definition) is 7. The van der Waals surface area contributed by atoms with Crippen molar-refractivity contribution in [3.05, 3.63) is 35.6 Å². The Labute approximate surface area is 362 Å². The smallest absolute Gasteiger partial charge is 0.481 e. The Bertz CT molecular complexity index is 1850. The number of amides is 5. The first-order valence-corrected chi connectivity index (χ1v) is 21.8. The minimum absolute atomic E-state index is 0.103. The number of carbonyl (C=O) groups excluding carboxylic acids is 5. The summed E-state index contributed by atoms with van der Waals surface area (Å²) in [7, 11) is -0.750. The number of likely N-dealkylation sites (tertiary alicyclic amines) is 1. The van der Waals surface area contributed by atoms with Gasteiger partial charge in [-0.2, -0.15) is 0 Å². The molecular weight excluding hydrogens is 806 g/mol. The van der Waals surface area contributed by atoms with Crippen LogP contribution in [0.25, 0.3) is 0 Å². The van der Waals surface area contributed by atoms with Crippen molar-refractivity contribution in [3.8, 4) is 0 Å². The van der Waals surface area contributed by atoms with Gasteiger partial charge in [-0.15, -0.1) is 0 Å². The zero-order chi connectivity index (χ0) is 45.8. The highest BCUT2D eigenvalue weighted by molar-refractivity contribution is 6.48. The molecule has 5 fully saturated rings. The van der Waals surface area contributed by atoms with Gasteiger partial charge in [0, 0.05) is 13.0 Å². The van der Waals surface area contributed by atoms with E-state index in [4.69, 9.17) is 20.1 Å². The summed E-state index contributed by atoms with van der Waals surface area (Å²) in [5, 5.41) is 29.1. The number of rotatable bonds is 20. The first-order chi connectivity index (χ1) is 29.0. The third-order valence-corrected chi connectivity index (χ3v) is 13.6. The zero-order valence-electron chi connectivity index (χ0n) is 36.8. The van der Waals surface area contributed by atoms with Gasteiger partial charge in [0.15, 0.2) is 0 Å². The van der Waals surface area contributed by atoms with Gasteiger partial charge in [-0.25, -0.2) is 4.39 Å². The Morgan fingerprint density at radius 2 is 1.52 bits per heavy atom. The van der Waals surface area contributed by atoms with Crippen molar-refractivity contribution in [1.82, 2.24) is 26.2 Å². The number of carboxylic acids is 2. The quantitative estimate of drug-likeness (QED) is 0.0929. The Morgan fingerprint density at radius 3 is 2.11 bits per heavy atom. The van der Waals surface area contributed by atoms with Crippen LogP contribution in [-0.4, -0.2) is 118 Å². The van der Waals surface area contributed by atoms with Crippen molar-refractivity contribution < 1.29 is 57.5 Å². The first-order valence-electron chi connectivity index (χ1n) is 21.8. The standard InChI is InChI=1S/C43H64BFN6O11/c1-22(2)35(49-38(57)28(15-17-33(52)53)47-37(56)27(46)21-34(54)55)40(59)50-36(23(3)4)41(60)51-18-8-9-29(51)39(58)48-32(16-12-24-10-13-26(45)14-11-24)44-61-31-20-25-19-30(42(25,5)6)43(31,7)62-44/h10-11,13-14,22-23,25,27-32,35-36H,8-9,12,15-21,46H2,1-7H3,(H,47,56)(H,48,58)(H,49,57)(H,50,59)(H,52,53)(H,54,55). The van der Waals surface area contributed by atoms with Gasteiger partial charge in [0.25, 0.3) is 0 Å². The summed E-state index contributed by atoms with van der Waals surface area (Å²) in [6.07, 6.45) is 1.95. The van der Waals surface area contributed by atoms with Gasteiger partial charge < -0.3 is 51.4 Å². The van der Waals surface area contributed by atoms with Crippen LogP contribution in [0.2, 0.25) is 0 Å². The number of nitrogens with two attached hydrogens (primary N) is 1. The minimum Gasteiger partial charge on any atom is -0.481 e. The van der Waals surface area contributed by atoms with Crippen LogP contribution >= 0.6 is 0 Å². The maximum Gasteiger partial charge on any atom is 0.481 e. The highest BCUT2D eigenvalue weighted by Crippen LogP contribution is 2.65. The highest BCUT2D eigenvalue weighted by Gasteiger charge is 2.68. The summed E-state index contributed by atoms with van der Waals surface area (Å²) in [5.74, 6) is -7.26. The maximum absolute atomic E-state index is 14.4. The van der Waals surface area contributed by atoms with Crippen molar-refractivity contribution in [2.24, 2.45) is 34.8 Å². The van der Waals surface area contributed by atoms with Gasteiger partial charge in [-0.05, 0) is 98.7 Å². The molecule has 17 nitrogen and oxygen atoms in total. The van der Waals surface area contributed by atoms with Gasteiger partial charge >= 0.3 is 19.1 Å². The second-order valence-corrected chi connectivity index (χ2v) is 19.0. The molecule has 6 rings (SSSR count). The molecule has 3 saturated carbocycles. The van der Waals surface area contributed by atoms with Crippen molar-refractivity contribution >= 4 is 48.6 Å². The number of nitrogens with one attached hydrogen (secondary N) is 4. The third-order valence-electron chi connectivity index (χ3n) is 13.6. The van der Waals surface area contributed by atoms with Gasteiger partial charge in [-0.3, -0.25) is 33.6 Å². The van der Waals surface area contributed by atoms with Crippen LogP contribution in [0.1, 0.15) is 105 Å². The molecule has 62 heavy (non-hydrogen) atoms. The van der Waals surface area contributed by atoms with Crippen LogP contribution in [0, 0.1) is 34.9 Å². The van der Waals surface area contributed by atoms with E-state index in [9.17, 15) is 43.1 Å². The first kappa shape index (κ1) is 48.4. The number of aryl methyl sites for hydroxylation is 1. The molecule has 5 amide bonds.